The Balaban J connectivity index is 1.34. The number of nitro groups is 1. The van der Waals surface area contributed by atoms with E-state index < -0.39 is 11.0 Å². The summed E-state index contributed by atoms with van der Waals surface area (Å²) in [6.45, 7) is 2.32. The maximum absolute atomic E-state index is 12.8. The van der Waals surface area contributed by atoms with Gasteiger partial charge in [-0.2, -0.15) is 0 Å². The molecule has 1 saturated heterocycles. The first-order valence-corrected chi connectivity index (χ1v) is 9.18. The van der Waals surface area contributed by atoms with Crippen LogP contribution in [-0.2, 0) is 9.63 Å². The van der Waals surface area contributed by atoms with Gasteiger partial charge in [0.15, 0.2) is 0 Å². The average molecular weight is 380 g/mol. The fourth-order valence-corrected chi connectivity index (χ4v) is 3.50. The van der Waals surface area contributed by atoms with Gasteiger partial charge in [-0.3, -0.25) is 14.9 Å². The molecule has 0 aromatic heterocycles. The predicted octanol–water partition coefficient (Wildman–Crippen LogP) is 2.44. The number of carbonyl (C=O) groups excluding carboxylic acids is 1. The second-order valence-corrected chi connectivity index (χ2v) is 6.79. The molecule has 0 bridgehead atoms. The summed E-state index contributed by atoms with van der Waals surface area (Å²) in [4.78, 5) is 32.6. The molecule has 2 aromatic rings. The first-order chi connectivity index (χ1) is 13.6. The smallest absolute Gasteiger partial charge is 0.271 e. The van der Waals surface area contributed by atoms with Gasteiger partial charge >= 0.3 is 0 Å². The van der Waals surface area contributed by atoms with Gasteiger partial charge in [0.05, 0.1) is 10.6 Å². The minimum absolute atomic E-state index is 0.0617. The van der Waals surface area contributed by atoms with Gasteiger partial charge in [-0.25, -0.2) is 0 Å². The Morgan fingerprint density at radius 3 is 2.54 bits per heavy atom. The van der Waals surface area contributed by atoms with Crippen molar-refractivity contribution in [2.75, 3.05) is 31.1 Å². The third-order valence-corrected chi connectivity index (χ3v) is 5.05. The van der Waals surface area contributed by atoms with Crippen LogP contribution in [0.1, 0.15) is 12.0 Å². The molecule has 1 fully saturated rings. The Morgan fingerprint density at radius 1 is 1.07 bits per heavy atom. The van der Waals surface area contributed by atoms with Crippen LogP contribution in [0, 0.1) is 10.1 Å². The number of benzene rings is 2. The second-order valence-electron chi connectivity index (χ2n) is 6.79. The molecule has 8 nitrogen and oxygen atoms in total. The van der Waals surface area contributed by atoms with Gasteiger partial charge in [0.1, 0.15) is 0 Å². The number of carbonyl (C=O) groups is 1. The number of hydrogen-bond donors (Lipinski definition) is 0. The topological polar surface area (TPSA) is 88.3 Å². The minimum atomic E-state index is -0.584. The lowest BCUT2D eigenvalue weighted by atomic mass is 10.0. The molecule has 0 aliphatic carbocycles. The van der Waals surface area contributed by atoms with E-state index in [0.717, 1.165) is 17.0 Å². The highest BCUT2D eigenvalue weighted by Crippen LogP contribution is 2.23. The van der Waals surface area contributed by atoms with Gasteiger partial charge in [0, 0.05) is 50.4 Å². The molecule has 0 spiro atoms. The molecule has 144 valence electrons. The van der Waals surface area contributed by atoms with Gasteiger partial charge in [0.25, 0.3) is 11.6 Å². The summed E-state index contributed by atoms with van der Waals surface area (Å²) in [5, 5.41) is 15.0. The van der Waals surface area contributed by atoms with E-state index in [1.807, 2.05) is 36.4 Å². The monoisotopic (exact) mass is 380 g/mol. The number of amides is 1. The van der Waals surface area contributed by atoms with Gasteiger partial charge < -0.3 is 14.6 Å². The average Bonchev–Trinajstić information content (AvgIpc) is 3.24. The maximum atomic E-state index is 12.8. The van der Waals surface area contributed by atoms with E-state index in [1.165, 1.54) is 6.07 Å². The van der Waals surface area contributed by atoms with Crippen molar-refractivity contribution in [2.24, 2.45) is 5.16 Å². The number of anilines is 1. The third-order valence-electron chi connectivity index (χ3n) is 5.05. The van der Waals surface area contributed by atoms with Crippen molar-refractivity contribution in [3.63, 3.8) is 0 Å². The molecule has 0 unspecified atom stereocenters. The van der Waals surface area contributed by atoms with Gasteiger partial charge in [-0.05, 0) is 11.6 Å². The van der Waals surface area contributed by atoms with E-state index in [4.69, 9.17) is 4.84 Å². The summed E-state index contributed by atoms with van der Waals surface area (Å²) in [5.74, 6) is -0.0617. The molecular weight excluding hydrogens is 360 g/mol. The van der Waals surface area contributed by atoms with E-state index in [1.54, 1.807) is 17.0 Å². The van der Waals surface area contributed by atoms with Crippen LogP contribution in [0.25, 0.3) is 0 Å². The van der Waals surface area contributed by atoms with E-state index in [0.29, 0.717) is 32.6 Å². The fourth-order valence-electron chi connectivity index (χ4n) is 3.50. The number of rotatable bonds is 4. The number of nitro benzene ring substituents is 1. The molecule has 1 atom stereocenters. The van der Waals surface area contributed by atoms with E-state index in [2.05, 4.69) is 10.1 Å². The van der Waals surface area contributed by atoms with Crippen LogP contribution in [0.2, 0.25) is 0 Å². The molecule has 2 aliphatic rings. The standard InChI is InChI=1S/C20H20N4O4/c25-20(19-14-18(21-28-19)15-5-2-1-3-6-15)23-11-9-22(10-12-23)16-7-4-8-17(13-16)24(26)27/h1-8,13,19H,9-12,14H2/t19-/m1/s1. The molecule has 28 heavy (non-hydrogen) atoms. The van der Waals surface area contributed by atoms with E-state index in [9.17, 15) is 14.9 Å². The van der Waals surface area contributed by atoms with Crippen LogP contribution < -0.4 is 4.90 Å². The largest absolute Gasteiger partial charge is 0.382 e. The normalized spacial score (nSPS) is 19.1. The highest BCUT2D eigenvalue weighted by atomic mass is 16.6. The Labute approximate surface area is 162 Å². The summed E-state index contributed by atoms with van der Waals surface area (Å²) in [6, 6.07) is 16.3. The molecular formula is C20H20N4O4. The van der Waals surface area contributed by atoms with Crippen molar-refractivity contribution >= 4 is 23.0 Å². The summed E-state index contributed by atoms with van der Waals surface area (Å²) < 4.78 is 0. The second kappa shape index (κ2) is 7.67. The molecule has 2 heterocycles. The lowest BCUT2D eigenvalue weighted by Crippen LogP contribution is -2.51. The lowest BCUT2D eigenvalue weighted by molar-refractivity contribution is -0.384. The summed E-state index contributed by atoms with van der Waals surface area (Å²) in [7, 11) is 0. The zero-order valence-electron chi connectivity index (χ0n) is 15.2. The number of hydrogen-bond acceptors (Lipinski definition) is 6. The Morgan fingerprint density at radius 2 is 1.82 bits per heavy atom. The number of nitrogens with zero attached hydrogens (tertiary/aromatic N) is 4. The minimum Gasteiger partial charge on any atom is -0.382 e. The molecule has 0 radical (unpaired) electrons. The Kier molecular flexibility index (Phi) is 4.92. The van der Waals surface area contributed by atoms with Crippen molar-refractivity contribution in [1.82, 2.24) is 4.90 Å². The first-order valence-electron chi connectivity index (χ1n) is 9.18. The van der Waals surface area contributed by atoms with Crippen LogP contribution in [0.3, 0.4) is 0 Å². The zero-order chi connectivity index (χ0) is 19.5. The van der Waals surface area contributed by atoms with Crippen LogP contribution >= 0.6 is 0 Å². The van der Waals surface area contributed by atoms with Gasteiger partial charge in [0.2, 0.25) is 6.10 Å². The zero-order valence-corrected chi connectivity index (χ0v) is 15.2. The fraction of sp³-hybridized carbons (Fsp3) is 0.300. The number of oxime groups is 1. The maximum Gasteiger partial charge on any atom is 0.271 e. The summed E-state index contributed by atoms with van der Waals surface area (Å²) >= 11 is 0. The van der Waals surface area contributed by atoms with Crippen molar-refractivity contribution in [2.45, 2.75) is 12.5 Å². The highest BCUT2D eigenvalue weighted by Gasteiger charge is 2.33. The van der Waals surface area contributed by atoms with Crippen LogP contribution in [0.15, 0.2) is 59.8 Å². The molecule has 2 aromatic carbocycles. The molecule has 0 N–H and O–H groups in total. The van der Waals surface area contributed by atoms with Gasteiger partial charge in [-0.15, -0.1) is 0 Å². The highest BCUT2D eigenvalue weighted by molar-refractivity contribution is 6.04. The SMILES string of the molecule is O=C([C@H]1CC(c2ccccc2)=NO1)N1CCN(c2cccc([N+](=O)[O-])c2)CC1. The van der Waals surface area contributed by atoms with Crippen molar-refractivity contribution in [3.05, 3.63) is 70.3 Å². The first kappa shape index (κ1) is 18.0. The molecule has 1 amide bonds. The molecule has 0 saturated carbocycles. The van der Waals surface area contributed by atoms with Crippen LogP contribution in [-0.4, -0.2) is 53.7 Å². The molecule has 4 rings (SSSR count). The molecule has 2 aliphatic heterocycles. The number of non-ortho nitro benzene ring substituents is 1. The van der Waals surface area contributed by atoms with Crippen molar-refractivity contribution < 1.29 is 14.6 Å². The quantitative estimate of drug-likeness (QED) is 0.600. The third kappa shape index (κ3) is 3.66. The van der Waals surface area contributed by atoms with Crippen LogP contribution in [0.4, 0.5) is 11.4 Å². The summed E-state index contributed by atoms with van der Waals surface area (Å²) in [6.07, 6.45) is -0.118. The summed E-state index contributed by atoms with van der Waals surface area (Å²) in [5.41, 5.74) is 2.62. The van der Waals surface area contributed by atoms with Crippen molar-refractivity contribution in [3.8, 4) is 0 Å². The van der Waals surface area contributed by atoms with E-state index >= 15 is 0 Å². The van der Waals surface area contributed by atoms with E-state index in [-0.39, 0.29) is 11.6 Å². The predicted molar refractivity (Wildman–Crippen MR) is 104 cm³/mol. The number of piperazine rings is 1. The van der Waals surface area contributed by atoms with Crippen molar-refractivity contribution in [1.29, 1.82) is 0 Å². The van der Waals surface area contributed by atoms with Crippen LogP contribution in [0.5, 0.6) is 0 Å². The van der Waals surface area contributed by atoms with Gasteiger partial charge in [-0.1, -0.05) is 41.6 Å². The Bertz CT molecular complexity index is 907. The molecule has 8 heteroatoms. The lowest BCUT2D eigenvalue weighted by Gasteiger charge is -2.36. The Hall–Kier alpha value is -3.42.